The highest BCUT2D eigenvalue weighted by atomic mass is 79.9. The number of alkyl halides is 1. The van der Waals surface area contributed by atoms with Gasteiger partial charge in [0.15, 0.2) is 0 Å². The largest absolute Gasteiger partial charge is 0.325 e. The number of nitrogens with one attached hydrogen (secondary N) is 1. The maximum Gasteiger partial charge on any atom is 0.238 e. The zero-order chi connectivity index (χ0) is 12.8. The predicted molar refractivity (Wildman–Crippen MR) is 77.9 cm³/mol. The molecule has 0 heterocycles. The number of rotatable bonds is 4. The van der Waals surface area contributed by atoms with Gasteiger partial charge in [0.25, 0.3) is 0 Å². The first-order chi connectivity index (χ1) is 8.75. The molecule has 1 N–H and O–H groups in total. The molecule has 0 radical (unpaired) electrons. The zero-order valence-corrected chi connectivity index (χ0v) is 11.4. The van der Waals surface area contributed by atoms with Crippen molar-refractivity contribution in [1.29, 1.82) is 0 Å². The molecule has 1 atom stereocenters. The Morgan fingerprint density at radius 3 is 2.17 bits per heavy atom. The molecule has 92 valence electrons. The molecule has 0 aliphatic heterocycles. The molecule has 0 saturated heterocycles. The van der Waals surface area contributed by atoms with Crippen molar-refractivity contribution < 1.29 is 4.79 Å². The van der Waals surface area contributed by atoms with Gasteiger partial charge in [-0.1, -0.05) is 64.5 Å². The Kier molecular flexibility index (Phi) is 4.53. The summed E-state index contributed by atoms with van der Waals surface area (Å²) in [5.74, 6) is -0.0231. The number of benzene rings is 2. The van der Waals surface area contributed by atoms with Gasteiger partial charge in [-0.2, -0.15) is 0 Å². The first kappa shape index (κ1) is 12.8. The van der Waals surface area contributed by atoms with Crippen LogP contribution < -0.4 is 5.32 Å². The lowest BCUT2D eigenvalue weighted by atomic mass is 10.1. The monoisotopic (exact) mass is 303 g/mol. The maximum absolute atomic E-state index is 12.0. The van der Waals surface area contributed by atoms with E-state index in [1.165, 1.54) is 0 Å². The smallest absolute Gasteiger partial charge is 0.238 e. The molecule has 2 aromatic carbocycles. The second kappa shape index (κ2) is 6.36. The summed E-state index contributed by atoms with van der Waals surface area (Å²) in [5, 5.41) is 2.88. The minimum Gasteiger partial charge on any atom is -0.325 e. The highest BCUT2D eigenvalue weighted by Gasteiger charge is 2.15. The van der Waals surface area contributed by atoms with Gasteiger partial charge in [-0.3, -0.25) is 4.79 Å². The van der Waals surface area contributed by atoms with Crippen molar-refractivity contribution in [2.24, 2.45) is 0 Å². The number of carbonyl (C=O) groups excluding carboxylic acids is 1. The van der Waals surface area contributed by atoms with E-state index in [-0.39, 0.29) is 10.7 Å². The highest BCUT2D eigenvalue weighted by Crippen LogP contribution is 2.13. The Morgan fingerprint density at radius 1 is 1.00 bits per heavy atom. The SMILES string of the molecule is O=C(Nc1ccccc1)C(Br)Cc1ccccc1. The second-order valence-corrected chi connectivity index (χ2v) is 5.12. The summed E-state index contributed by atoms with van der Waals surface area (Å²) < 4.78 is 0. The van der Waals surface area contributed by atoms with Crippen LogP contribution in [-0.2, 0) is 11.2 Å². The number of anilines is 1. The van der Waals surface area contributed by atoms with Crippen molar-refractivity contribution in [2.75, 3.05) is 5.32 Å². The highest BCUT2D eigenvalue weighted by molar-refractivity contribution is 9.10. The third-order valence-electron chi connectivity index (χ3n) is 2.58. The molecule has 2 rings (SSSR count). The average molecular weight is 304 g/mol. The van der Waals surface area contributed by atoms with Gasteiger partial charge >= 0.3 is 0 Å². The van der Waals surface area contributed by atoms with Crippen molar-refractivity contribution in [1.82, 2.24) is 0 Å². The van der Waals surface area contributed by atoms with Crippen LogP contribution in [0.4, 0.5) is 5.69 Å². The molecule has 0 aliphatic carbocycles. The lowest BCUT2D eigenvalue weighted by Gasteiger charge is -2.10. The summed E-state index contributed by atoms with van der Waals surface area (Å²) in [7, 11) is 0. The van der Waals surface area contributed by atoms with E-state index < -0.39 is 0 Å². The molecular formula is C15H14BrNO. The lowest BCUT2D eigenvalue weighted by Crippen LogP contribution is -2.24. The molecule has 0 fully saturated rings. The maximum atomic E-state index is 12.0. The van der Waals surface area contributed by atoms with E-state index in [0.29, 0.717) is 6.42 Å². The van der Waals surface area contributed by atoms with E-state index in [1.807, 2.05) is 60.7 Å². The van der Waals surface area contributed by atoms with Crippen molar-refractivity contribution in [3.8, 4) is 0 Å². The van der Waals surface area contributed by atoms with Gasteiger partial charge in [-0.15, -0.1) is 0 Å². The van der Waals surface area contributed by atoms with Crippen LogP contribution in [0.1, 0.15) is 5.56 Å². The Hall–Kier alpha value is -1.61. The molecule has 0 aliphatic rings. The molecule has 18 heavy (non-hydrogen) atoms. The van der Waals surface area contributed by atoms with Crippen molar-refractivity contribution >= 4 is 27.5 Å². The molecule has 0 aromatic heterocycles. The van der Waals surface area contributed by atoms with Crippen LogP contribution in [-0.4, -0.2) is 10.7 Å². The average Bonchev–Trinajstić information content (AvgIpc) is 2.41. The summed E-state index contributed by atoms with van der Waals surface area (Å²) in [4.78, 5) is 11.7. The summed E-state index contributed by atoms with van der Waals surface area (Å²) in [6.07, 6.45) is 0.680. The number of amides is 1. The van der Waals surface area contributed by atoms with Crippen LogP contribution in [0.3, 0.4) is 0 Å². The van der Waals surface area contributed by atoms with E-state index in [2.05, 4.69) is 21.2 Å². The van der Waals surface area contributed by atoms with Gasteiger partial charge in [0.2, 0.25) is 5.91 Å². The van der Waals surface area contributed by atoms with Crippen LogP contribution in [0.15, 0.2) is 60.7 Å². The van der Waals surface area contributed by atoms with E-state index >= 15 is 0 Å². The number of hydrogen-bond donors (Lipinski definition) is 1. The molecule has 1 amide bonds. The lowest BCUT2D eigenvalue weighted by molar-refractivity contribution is -0.115. The fourth-order valence-corrected chi connectivity index (χ4v) is 2.14. The Morgan fingerprint density at radius 2 is 1.56 bits per heavy atom. The van der Waals surface area contributed by atoms with E-state index in [1.54, 1.807) is 0 Å². The first-order valence-electron chi connectivity index (χ1n) is 5.79. The van der Waals surface area contributed by atoms with E-state index in [9.17, 15) is 4.79 Å². The normalized spacial score (nSPS) is 11.8. The number of halogens is 1. The Balaban J connectivity index is 1.93. The third-order valence-corrected chi connectivity index (χ3v) is 3.32. The van der Waals surface area contributed by atoms with E-state index in [4.69, 9.17) is 0 Å². The zero-order valence-electron chi connectivity index (χ0n) is 9.84. The molecule has 0 bridgehead atoms. The molecule has 0 saturated carbocycles. The second-order valence-electron chi connectivity index (χ2n) is 4.01. The van der Waals surface area contributed by atoms with Gasteiger partial charge in [-0.05, 0) is 24.1 Å². The minimum atomic E-state index is -0.222. The topological polar surface area (TPSA) is 29.1 Å². The van der Waals surface area contributed by atoms with Crippen molar-refractivity contribution in [3.05, 3.63) is 66.2 Å². The minimum absolute atomic E-state index is 0.0231. The number of hydrogen-bond acceptors (Lipinski definition) is 1. The quantitative estimate of drug-likeness (QED) is 0.859. The molecule has 0 spiro atoms. The molecule has 3 heteroatoms. The van der Waals surface area contributed by atoms with Crippen molar-refractivity contribution in [2.45, 2.75) is 11.2 Å². The first-order valence-corrected chi connectivity index (χ1v) is 6.71. The summed E-state index contributed by atoms with van der Waals surface area (Å²) in [5.41, 5.74) is 1.96. The van der Waals surface area contributed by atoms with Gasteiger partial charge in [0, 0.05) is 5.69 Å². The predicted octanol–water partition coefficient (Wildman–Crippen LogP) is 3.63. The van der Waals surface area contributed by atoms with E-state index in [0.717, 1.165) is 11.3 Å². The summed E-state index contributed by atoms with van der Waals surface area (Å²) in [6.45, 7) is 0. The molecule has 1 unspecified atom stereocenters. The van der Waals surface area contributed by atoms with Crippen LogP contribution in [0.25, 0.3) is 0 Å². The Bertz CT molecular complexity index is 498. The van der Waals surface area contributed by atoms with Gasteiger partial charge in [0.1, 0.15) is 0 Å². The van der Waals surface area contributed by atoms with Gasteiger partial charge < -0.3 is 5.32 Å². The summed E-state index contributed by atoms with van der Waals surface area (Å²) >= 11 is 3.43. The van der Waals surface area contributed by atoms with Crippen LogP contribution in [0, 0.1) is 0 Å². The van der Waals surface area contributed by atoms with Gasteiger partial charge in [0.05, 0.1) is 4.83 Å². The number of carbonyl (C=O) groups is 1. The fraction of sp³-hybridized carbons (Fsp3) is 0.133. The fourth-order valence-electron chi connectivity index (χ4n) is 1.66. The molecule has 2 nitrogen and oxygen atoms in total. The Labute approximate surface area is 115 Å². The van der Waals surface area contributed by atoms with Gasteiger partial charge in [-0.25, -0.2) is 0 Å². The standard InChI is InChI=1S/C15H14BrNO/c16-14(11-12-7-3-1-4-8-12)15(18)17-13-9-5-2-6-10-13/h1-10,14H,11H2,(H,17,18). The van der Waals surface area contributed by atoms with Crippen molar-refractivity contribution in [3.63, 3.8) is 0 Å². The number of para-hydroxylation sites is 1. The van der Waals surface area contributed by atoms with Crippen LogP contribution in [0.5, 0.6) is 0 Å². The van der Waals surface area contributed by atoms with Crippen LogP contribution in [0.2, 0.25) is 0 Å². The molecular weight excluding hydrogens is 290 g/mol. The summed E-state index contributed by atoms with van der Waals surface area (Å²) in [6, 6.07) is 19.4. The van der Waals surface area contributed by atoms with Crippen LogP contribution >= 0.6 is 15.9 Å². The third kappa shape index (κ3) is 3.70. The molecule has 2 aromatic rings.